The smallest absolute Gasteiger partial charge is 0.232 e. The van der Waals surface area contributed by atoms with E-state index in [1.807, 2.05) is 6.07 Å². The highest BCUT2D eigenvalue weighted by Gasteiger charge is 2.34. The van der Waals surface area contributed by atoms with E-state index < -0.39 is 0 Å². The lowest BCUT2D eigenvalue weighted by Gasteiger charge is -2.38. The summed E-state index contributed by atoms with van der Waals surface area (Å²) in [5, 5.41) is 8.29. The van der Waals surface area contributed by atoms with Crippen molar-refractivity contribution in [1.82, 2.24) is 15.3 Å². The molecule has 2 atom stereocenters. The molecule has 8 heteroatoms. The molecule has 3 heterocycles. The molecule has 1 saturated carbocycles. The van der Waals surface area contributed by atoms with Gasteiger partial charge in [-0.3, -0.25) is 0 Å². The number of hydrogen-bond donors (Lipinski definition) is 2. The lowest BCUT2D eigenvalue weighted by atomic mass is 9.69. The molecule has 3 aliphatic rings. The van der Waals surface area contributed by atoms with Crippen LogP contribution in [0.15, 0.2) is 30.3 Å². The summed E-state index contributed by atoms with van der Waals surface area (Å²) in [6.45, 7) is 8.54. The van der Waals surface area contributed by atoms with Crippen LogP contribution in [0.3, 0.4) is 0 Å². The topological polar surface area (TPSA) is 56.3 Å². The molecular weight excluding hydrogens is 512 g/mol. The largest absolute Gasteiger partial charge is 0.361 e. The molecule has 2 N–H and O–H groups in total. The van der Waals surface area contributed by atoms with Crippen molar-refractivity contribution in [3.05, 3.63) is 40.9 Å². The summed E-state index contributed by atoms with van der Waals surface area (Å²) < 4.78 is 0. The fourth-order valence-corrected chi connectivity index (χ4v) is 6.99. The van der Waals surface area contributed by atoms with Gasteiger partial charge in [-0.15, -0.1) is 0 Å². The van der Waals surface area contributed by atoms with Crippen molar-refractivity contribution in [2.75, 3.05) is 41.3 Å². The minimum Gasteiger partial charge on any atom is -0.361 e. The molecule has 2 saturated heterocycles. The Morgan fingerprint density at radius 2 is 1.82 bits per heavy atom. The molecule has 0 unspecified atom stereocenters. The van der Waals surface area contributed by atoms with Gasteiger partial charge in [0.15, 0.2) is 5.11 Å². The van der Waals surface area contributed by atoms with Crippen molar-refractivity contribution < 1.29 is 0 Å². The zero-order valence-electron chi connectivity index (χ0n) is 23.0. The second-order valence-electron chi connectivity index (χ2n) is 11.8. The van der Waals surface area contributed by atoms with Gasteiger partial charge in [0, 0.05) is 48.7 Å². The van der Waals surface area contributed by atoms with Crippen LogP contribution in [0.2, 0.25) is 5.02 Å². The van der Waals surface area contributed by atoms with Gasteiger partial charge in [-0.1, -0.05) is 49.9 Å². The number of rotatable bonds is 6. The summed E-state index contributed by atoms with van der Waals surface area (Å²) in [7, 11) is 0. The van der Waals surface area contributed by atoms with Gasteiger partial charge in [0.05, 0.1) is 0 Å². The fraction of sp³-hybridized carbons (Fsp3) is 0.633. The lowest BCUT2D eigenvalue weighted by molar-refractivity contribution is 0.292. The average Bonchev–Trinajstić information content (AvgIpc) is 2.92. The Labute approximate surface area is 238 Å². The van der Waals surface area contributed by atoms with Gasteiger partial charge in [-0.2, -0.15) is 9.97 Å². The van der Waals surface area contributed by atoms with Crippen molar-refractivity contribution in [2.24, 2.45) is 5.92 Å². The maximum atomic E-state index is 6.39. The number of thiocarbonyl (C=S) groups is 1. The fourth-order valence-electron chi connectivity index (χ4n) is 6.63. The van der Waals surface area contributed by atoms with Crippen molar-refractivity contribution >= 4 is 46.5 Å². The standard InChI is InChI=1S/C30H43ClN6S/c1-22-10-9-16-36(20-22)26-19-27(37-17-7-4-11-23(37)2)34-28(33-26)35-29(38)32-21-30(14-5-3-6-15-30)24-12-8-13-25(31)18-24/h8,12-13,18-19,22-23H,3-7,9-11,14-17,20-21H2,1-2H3,(H2,32,33,34,35,38)/t22-,23-/m1/s1. The highest BCUT2D eigenvalue weighted by molar-refractivity contribution is 7.80. The summed E-state index contributed by atoms with van der Waals surface area (Å²) in [6.07, 6.45) is 12.2. The zero-order valence-corrected chi connectivity index (χ0v) is 24.6. The summed E-state index contributed by atoms with van der Waals surface area (Å²) in [6, 6.07) is 11.0. The summed E-state index contributed by atoms with van der Waals surface area (Å²) in [4.78, 5) is 14.8. The Balaban J connectivity index is 1.34. The van der Waals surface area contributed by atoms with Gasteiger partial charge in [-0.25, -0.2) is 0 Å². The van der Waals surface area contributed by atoms with Crippen LogP contribution in [-0.2, 0) is 5.41 Å². The van der Waals surface area contributed by atoms with Crippen LogP contribution in [0, 0.1) is 5.92 Å². The Morgan fingerprint density at radius 1 is 1.00 bits per heavy atom. The van der Waals surface area contributed by atoms with Crippen molar-refractivity contribution in [1.29, 1.82) is 0 Å². The zero-order chi connectivity index (χ0) is 26.5. The van der Waals surface area contributed by atoms with Crippen molar-refractivity contribution in [2.45, 2.75) is 89.5 Å². The molecule has 0 amide bonds. The first-order valence-corrected chi connectivity index (χ1v) is 15.4. The first kappa shape index (κ1) is 27.4. The van der Waals surface area contributed by atoms with E-state index in [-0.39, 0.29) is 5.41 Å². The number of nitrogens with one attached hydrogen (secondary N) is 2. The van der Waals surface area contributed by atoms with Crippen molar-refractivity contribution in [3.63, 3.8) is 0 Å². The predicted octanol–water partition coefficient (Wildman–Crippen LogP) is 6.93. The van der Waals surface area contributed by atoms with E-state index in [4.69, 9.17) is 33.8 Å². The number of aromatic nitrogens is 2. The molecule has 206 valence electrons. The van der Waals surface area contributed by atoms with Crippen LogP contribution in [0.25, 0.3) is 0 Å². The SMILES string of the molecule is C[C@@H]1CCCN(c2cc(N3CCCC[C@H]3C)nc(NC(=S)NCC3(c4cccc(Cl)c4)CCCCC3)n2)C1. The van der Waals surface area contributed by atoms with E-state index in [0.717, 1.165) is 55.7 Å². The maximum Gasteiger partial charge on any atom is 0.232 e. The van der Waals surface area contributed by atoms with E-state index in [9.17, 15) is 0 Å². The molecule has 1 aromatic heterocycles. The van der Waals surface area contributed by atoms with E-state index in [1.54, 1.807) is 0 Å². The highest BCUT2D eigenvalue weighted by atomic mass is 35.5. The first-order chi connectivity index (χ1) is 18.4. The van der Waals surface area contributed by atoms with Crippen LogP contribution in [-0.4, -0.2) is 47.3 Å². The molecule has 1 aliphatic carbocycles. The van der Waals surface area contributed by atoms with Gasteiger partial charge in [-0.05, 0) is 87.7 Å². The highest BCUT2D eigenvalue weighted by Crippen LogP contribution is 2.40. The minimum absolute atomic E-state index is 0.0376. The number of halogens is 1. The molecule has 2 aliphatic heterocycles. The summed E-state index contributed by atoms with van der Waals surface area (Å²) in [5.74, 6) is 3.28. The number of hydrogen-bond acceptors (Lipinski definition) is 5. The molecule has 6 nitrogen and oxygen atoms in total. The molecule has 0 spiro atoms. The van der Waals surface area contributed by atoms with Crippen LogP contribution in [0.1, 0.15) is 83.6 Å². The van der Waals surface area contributed by atoms with Crippen LogP contribution < -0.4 is 20.4 Å². The molecule has 1 aromatic carbocycles. The first-order valence-electron chi connectivity index (χ1n) is 14.6. The van der Waals surface area contributed by atoms with Crippen LogP contribution in [0.5, 0.6) is 0 Å². The second-order valence-corrected chi connectivity index (χ2v) is 12.6. The maximum absolute atomic E-state index is 6.39. The average molecular weight is 555 g/mol. The molecule has 0 radical (unpaired) electrons. The summed E-state index contributed by atoms with van der Waals surface area (Å²) >= 11 is 12.2. The Hall–Kier alpha value is -2.12. The van der Waals surface area contributed by atoms with E-state index in [0.29, 0.717) is 23.0 Å². The number of benzene rings is 1. The van der Waals surface area contributed by atoms with Gasteiger partial charge in [0.2, 0.25) is 5.95 Å². The van der Waals surface area contributed by atoms with Gasteiger partial charge in [0.25, 0.3) is 0 Å². The molecule has 0 bridgehead atoms. The third-order valence-electron chi connectivity index (χ3n) is 8.84. The van der Waals surface area contributed by atoms with E-state index in [1.165, 1.54) is 56.9 Å². The monoisotopic (exact) mass is 554 g/mol. The molecular formula is C30H43ClN6S. The van der Waals surface area contributed by atoms with E-state index >= 15 is 0 Å². The normalized spacial score (nSPS) is 23.7. The molecule has 5 rings (SSSR count). The molecule has 38 heavy (non-hydrogen) atoms. The van der Waals surface area contributed by atoms with Crippen molar-refractivity contribution in [3.8, 4) is 0 Å². The van der Waals surface area contributed by atoms with Gasteiger partial charge >= 0.3 is 0 Å². The minimum atomic E-state index is 0.0376. The lowest BCUT2D eigenvalue weighted by Crippen LogP contribution is -2.44. The third-order valence-corrected chi connectivity index (χ3v) is 9.32. The molecule has 2 aromatic rings. The number of piperidine rings is 2. The van der Waals surface area contributed by atoms with Gasteiger partial charge in [0.1, 0.15) is 11.6 Å². The molecule has 3 fully saturated rings. The van der Waals surface area contributed by atoms with E-state index in [2.05, 4.69) is 58.5 Å². The van der Waals surface area contributed by atoms with Crippen LogP contribution >= 0.6 is 23.8 Å². The number of nitrogens with zero attached hydrogens (tertiary/aromatic N) is 4. The number of anilines is 3. The summed E-state index contributed by atoms with van der Waals surface area (Å²) in [5.41, 5.74) is 1.34. The predicted molar refractivity (Wildman–Crippen MR) is 164 cm³/mol. The Morgan fingerprint density at radius 3 is 2.58 bits per heavy atom. The quantitative estimate of drug-likeness (QED) is 0.375. The Bertz CT molecular complexity index is 1100. The third kappa shape index (κ3) is 6.53. The van der Waals surface area contributed by atoms with Gasteiger partial charge < -0.3 is 20.4 Å². The second kappa shape index (κ2) is 12.4. The van der Waals surface area contributed by atoms with Crippen LogP contribution in [0.4, 0.5) is 17.6 Å². The Kier molecular flexibility index (Phi) is 8.94.